The van der Waals surface area contributed by atoms with Crippen molar-refractivity contribution in [3.63, 3.8) is 0 Å². The Kier molecular flexibility index (Phi) is 7.86. The fraction of sp³-hybridized carbons (Fsp3) is 0.591. The molecule has 1 aromatic carbocycles. The lowest BCUT2D eigenvalue weighted by molar-refractivity contribution is 0.0637. The molecule has 0 amide bonds. The van der Waals surface area contributed by atoms with Crippen molar-refractivity contribution in [1.29, 1.82) is 0 Å². The Labute approximate surface area is 184 Å². The van der Waals surface area contributed by atoms with Crippen LogP contribution in [0.4, 0.5) is 0 Å². The van der Waals surface area contributed by atoms with Crippen LogP contribution in [0, 0.1) is 0 Å². The van der Waals surface area contributed by atoms with E-state index in [9.17, 15) is 0 Å². The van der Waals surface area contributed by atoms with Crippen molar-refractivity contribution >= 4 is 0 Å². The van der Waals surface area contributed by atoms with E-state index in [0.29, 0.717) is 6.61 Å². The van der Waals surface area contributed by atoms with Crippen LogP contribution in [0.5, 0.6) is 0 Å². The van der Waals surface area contributed by atoms with Crippen molar-refractivity contribution in [2.75, 3.05) is 13.2 Å². The second kappa shape index (κ2) is 10.6. The number of benzene rings is 1. The van der Waals surface area contributed by atoms with E-state index >= 15 is 0 Å². The molecular formula is C22H34N8O. The Morgan fingerprint density at radius 3 is 2.58 bits per heavy atom. The predicted octanol–water partition coefficient (Wildman–Crippen LogP) is 3.28. The standard InChI is InChI=1S/C22H34N8O/c1-6-22(4,5)30-21(26-27-28-30)19(20-25-24-16-29(20)7-2)23-14-11-15-31-17(3)18-12-9-8-10-13-18/h8-10,12-13,16-17,19,23H,6-7,11,14-15H2,1-5H3. The Bertz CT molecular complexity index is 921. The van der Waals surface area contributed by atoms with Crippen molar-refractivity contribution in [3.8, 4) is 0 Å². The summed E-state index contributed by atoms with van der Waals surface area (Å²) in [5.41, 5.74) is 0.981. The van der Waals surface area contributed by atoms with Crippen LogP contribution in [0.2, 0.25) is 0 Å². The molecule has 0 aliphatic rings. The van der Waals surface area contributed by atoms with Crippen LogP contribution in [0.3, 0.4) is 0 Å². The monoisotopic (exact) mass is 426 g/mol. The summed E-state index contributed by atoms with van der Waals surface area (Å²) in [6.07, 6.45) is 3.57. The fourth-order valence-corrected chi connectivity index (χ4v) is 3.38. The molecule has 1 N–H and O–H groups in total. The first-order chi connectivity index (χ1) is 15.0. The smallest absolute Gasteiger partial charge is 0.176 e. The zero-order valence-electron chi connectivity index (χ0n) is 19.2. The van der Waals surface area contributed by atoms with Gasteiger partial charge in [0.25, 0.3) is 0 Å². The second-order valence-corrected chi connectivity index (χ2v) is 8.25. The molecule has 0 aliphatic carbocycles. The molecule has 168 valence electrons. The second-order valence-electron chi connectivity index (χ2n) is 8.25. The average Bonchev–Trinajstić information content (AvgIpc) is 3.47. The van der Waals surface area contributed by atoms with Gasteiger partial charge in [0.15, 0.2) is 11.6 Å². The first-order valence-electron chi connectivity index (χ1n) is 11.0. The minimum atomic E-state index is -0.255. The van der Waals surface area contributed by atoms with Crippen molar-refractivity contribution in [1.82, 2.24) is 40.3 Å². The maximum Gasteiger partial charge on any atom is 0.176 e. The molecule has 2 unspecified atom stereocenters. The van der Waals surface area contributed by atoms with Gasteiger partial charge < -0.3 is 14.6 Å². The van der Waals surface area contributed by atoms with Gasteiger partial charge in [-0.25, -0.2) is 4.68 Å². The maximum atomic E-state index is 6.01. The Hall–Kier alpha value is -2.65. The molecule has 0 radical (unpaired) electrons. The highest BCUT2D eigenvalue weighted by atomic mass is 16.5. The maximum absolute atomic E-state index is 6.01. The molecule has 9 nitrogen and oxygen atoms in total. The number of aromatic nitrogens is 7. The number of nitrogens with zero attached hydrogens (tertiary/aromatic N) is 7. The zero-order valence-corrected chi connectivity index (χ0v) is 19.2. The van der Waals surface area contributed by atoms with Gasteiger partial charge in [0.05, 0.1) is 11.6 Å². The molecule has 0 spiro atoms. The van der Waals surface area contributed by atoms with Crippen LogP contribution in [0.15, 0.2) is 36.7 Å². The SMILES string of the molecule is CCn1cnnc1C(NCCCOC(C)c1ccccc1)c1nnnn1C(C)(C)CC. The molecule has 3 aromatic rings. The van der Waals surface area contributed by atoms with Crippen molar-refractivity contribution in [2.45, 2.75) is 71.7 Å². The van der Waals surface area contributed by atoms with Gasteiger partial charge in [0.1, 0.15) is 12.4 Å². The molecule has 9 heteroatoms. The minimum absolute atomic E-state index is 0.0674. The molecule has 0 saturated carbocycles. The summed E-state index contributed by atoms with van der Waals surface area (Å²) in [6, 6.07) is 10.0. The van der Waals surface area contributed by atoms with Crippen molar-refractivity contribution in [2.24, 2.45) is 0 Å². The third-order valence-electron chi connectivity index (χ3n) is 5.74. The van der Waals surface area contributed by atoms with E-state index in [1.165, 1.54) is 5.56 Å². The molecule has 3 rings (SSSR count). The van der Waals surface area contributed by atoms with Gasteiger partial charge in [0, 0.05) is 13.2 Å². The summed E-state index contributed by atoms with van der Waals surface area (Å²) < 4.78 is 9.93. The summed E-state index contributed by atoms with van der Waals surface area (Å²) in [6.45, 7) is 12.7. The topological polar surface area (TPSA) is 95.6 Å². The third-order valence-corrected chi connectivity index (χ3v) is 5.74. The van der Waals surface area contributed by atoms with Crippen LogP contribution in [0.1, 0.15) is 76.8 Å². The van der Waals surface area contributed by atoms with E-state index in [0.717, 1.165) is 37.6 Å². The van der Waals surface area contributed by atoms with E-state index in [1.807, 2.05) is 27.4 Å². The van der Waals surface area contributed by atoms with Crippen molar-refractivity contribution in [3.05, 3.63) is 53.9 Å². The number of tetrazole rings is 1. The van der Waals surface area contributed by atoms with Crippen LogP contribution >= 0.6 is 0 Å². The summed E-state index contributed by atoms with van der Waals surface area (Å²) in [5, 5.41) is 24.7. The van der Waals surface area contributed by atoms with Crippen molar-refractivity contribution < 1.29 is 4.74 Å². The van der Waals surface area contributed by atoms with Gasteiger partial charge in [-0.3, -0.25) is 0 Å². The molecular weight excluding hydrogens is 392 g/mol. The number of hydrogen-bond donors (Lipinski definition) is 1. The van der Waals surface area contributed by atoms with Gasteiger partial charge in [-0.1, -0.05) is 37.3 Å². The van der Waals surface area contributed by atoms with Crippen LogP contribution in [-0.2, 0) is 16.8 Å². The number of aryl methyl sites for hydroxylation is 1. The molecule has 0 saturated heterocycles. The Morgan fingerprint density at radius 1 is 1.10 bits per heavy atom. The quantitative estimate of drug-likeness (QED) is 0.444. The summed E-state index contributed by atoms with van der Waals surface area (Å²) in [4.78, 5) is 0. The summed E-state index contributed by atoms with van der Waals surface area (Å²) in [5.74, 6) is 1.55. The lowest BCUT2D eigenvalue weighted by atomic mass is 10.0. The largest absolute Gasteiger partial charge is 0.374 e. The highest BCUT2D eigenvalue weighted by Gasteiger charge is 2.31. The number of nitrogens with one attached hydrogen (secondary N) is 1. The molecule has 0 bridgehead atoms. The Morgan fingerprint density at radius 2 is 1.87 bits per heavy atom. The predicted molar refractivity (Wildman–Crippen MR) is 118 cm³/mol. The lowest BCUT2D eigenvalue weighted by Crippen LogP contribution is -2.35. The van der Waals surface area contributed by atoms with E-state index < -0.39 is 0 Å². The van der Waals surface area contributed by atoms with Gasteiger partial charge in [-0.2, -0.15) is 0 Å². The number of ether oxygens (including phenoxy) is 1. The molecule has 31 heavy (non-hydrogen) atoms. The van der Waals surface area contributed by atoms with E-state index in [4.69, 9.17) is 4.74 Å². The third kappa shape index (κ3) is 5.54. The van der Waals surface area contributed by atoms with Crippen LogP contribution < -0.4 is 5.32 Å². The first-order valence-corrected chi connectivity index (χ1v) is 11.0. The molecule has 0 aliphatic heterocycles. The highest BCUT2D eigenvalue weighted by Crippen LogP contribution is 2.25. The fourth-order valence-electron chi connectivity index (χ4n) is 3.38. The summed E-state index contributed by atoms with van der Waals surface area (Å²) in [7, 11) is 0. The van der Waals surface area contributed by atoms with Gasteiger partial charge in [0.2, 0.25) is 0 Å². The average molecular weight is 427 g/mol. The van der Waals surface area contributed by atoms with Crippen LogP contribution in [-0.4, -0.2) is 48.1 Å². The van der Waals surface area contributed by atoms with Gasteiger partial charge in [-0.05, 0) is 63.1 Å². The molecule has 2 atom stereocenters. The van der Waals surface area contributed by atoms with E-state index in [-0.39, 0.29) is 17.7 Å². The number of hydrogen-bond acceptors (Lipinski definition) is 7. The first kappa shape index (κ1) is 23.0. The lowest BCUT2D eigenvalue weighted by Gasteiger charge is -2.27. The Balaban J connectivity index is 1.67. The van der Waals surface area contributed by atoms with E-state index in [1.54, 1.807) is 6.33 Å². The minimum Gasteiger partial charge on any atom is -0.374 e. The molecule has 0 fully saturated rings. The molecule has 2 heterocycles. The summed E-state index contributed by atoms with van der Waals surface area (Å²) >= 11 is 0. The van der Waals surface area contributed by atoms with E-state index in [2.05, 4.69) is 77.8 Å². The zero-order chi connectivity index (χ0) is 22.3. The van der Waals surface area contributed by atoms with Crippen LogP contribution in [0.25, 0.3) is 0 Å². The molecule has 2 aromatic heterocycles. The van der Waals surface area contributed by atoms with Gasteiger partial charge in [-0.15, -0.1) is 15.3 Å². The normalized spacial score (nSPS) is 14.0. The van der Waals surface area contributed by atoms with Gasteiger partial charge >= 0.3 is 0 Å². The highest BCUT2D eigenvalue weighted by molar-refractivity contribution is 5.16. The number of rotatable bonds is 12.